The molecular weight excluding hydrogens is 198 g/mol. The first-order valence-corrected chi connectivity index (χ1v) is 6.15. The van der Waals surface area contributed by atoms with E-state index in [9.17, 15) is 0 Å². The highest BCUT2D eigenvalue weighted by Gasteiger charge is 1.99. The Morgan fingerprint density at radius 1 is 1.19 bits per heavy atom. The number of aliphatic hydroxyl groups excluding tert-OH is 1. The number of rotatable bonds is 7. The minimum absolute atomic E-state index is 0.126. The Morgan fingerprint density at radius 3 is 2.38 bits per heavy atom. The van der Waals surface area contributed by atoms with E-state index in [1.165, 1.54) is 18.4 Å². The van der Waals surface area contributed by atoms with Crippen LogP contribution in [0.1, 0.15) is 37.8 Å². The fourth-order valence-corrected chi connectivity index (χ4v) is 1.82. The Bertz CT molecular complexity index is 281. The van der Waals surface area contributed by atoms with E-state index in [4.69, 9.17) is 5.11 Å². The molecule has 0 aliphatic heterocycles. The van der Waals surface area contributed by atoms with Crippen molar-refractivity contribution < 1.29 is 5.11 Å². The van der Waals surface area contributed by atoms with Crippen LogP contribution in [0.15, 0.2) is 24.3 Å². The first-order valence-electron chi connectivity index (χ1n) is 6.15. The Hall–Kier alpha value is -0.860. The molecule has 2 N–H and O–H groups in total. The fraction of sp³-hybridized carbons (Fsp3) is 0.571. The van der Waals surface area contributed by atoms with E-state index in [1.807, 2.05) is 12.1 Å². The van der Waals surface area contributed by atoms with Crippen molar-refractivity contribution >= 4 is 0 Å². The monoisotopic (exact) mass is 221 g/mol. The van der Waals surface area contributed by atoms with Crippen molar-refractivity contribution in [3.63, 3.8) is 0 Å². The first-order chi connectivity index (χ1) is 7.76. The highest BCUT2D eigenvalue weighted by Crippen LogP contribution is 2.06. The zero-order valence-corrected chi connectivity index (χ0v) is 10.4. The van der Waals surface area contributed by atoms with Crippen molar-refractivity contribution in [2.45, 2.75) is 39.8 Å². The highest BCUT2D eigenvalue weighted by atomic mass is 16.3. The summed E-state index contributed by atoms with van der Waals surface area (Å²) in [6.07, 6.45) is 2.55. The molecule has 1 unspecified atom stereocenters. The van der Waals surface area contributed by atoms with Gasteiger partial charge in [0.05, 0.1) is 6.61 Å². The molecule has 2 heteroatoms. The van der Waals surface area contributed by atoms with Crippen LogP contribution in [0.5, 0.6) is 0 Å². The quantitative estimate of drug-likeness (QED) is 0.742. The van der Waals surface area contributed by atoms with Gasteiger partial charge in [0.15, 0.2) is 0 Å². The number of benzene rings is 1. The van der Waals surface area contributed by atoms with E-state index in [0.717, 1.165) is 24.6 Å². The van der Waals surface area contributed by atoms with Crippen molar-refractivity contribution in [1.29, 1.82) is 0 Å². The summed E-state index contributed by atoms with van der Waals surface area (Å²) in [7, 11) is 0. The summed E-state index contributed by atoms with van der Waals surface area (Å²) < 4.78 is 0. The SMILES string of the molecule is CCCC(C)CNCc1ccc(CO)cc1. The molecule has 0 heterocycles. The van der Waals surface area contributed by atoms with Crippen LogP contribution in [0.3, 0.4) is 0 Å². The lowest BCUT2D eigenvalue weighted by Gasteiger charge is -2.11. The van der Waals surface area contributed by atoms with E-state index in [0.29, 0.717) is 0 Å². The van der Waals surface area contributed by atoms with Gasteiger partial charge in [-0.25, -0.2) is 0 Å². The molecular formula is C14H23NO. The standard InChI is InChI=1S/C14H23NO/c1-3-4-12(2)9-15-10-13-5-7-14(11-16)8-6-13/h5-8,12,15-16H,3-4,9-11H2,1-2H3. The van der Waals surface area contributed by atoms with E-state index < -0.39 is 0 Å². The molecule has 0 spiro atoms. The summed E-state index contributed by atoms with van der Waals surface area (Å²) in [5, 5.41) is 12.4. The predicted octanol–water partition coefficient (Wildman–Crippen LogP) is 2.70. The number of aliphatic hydroxyl groups is 1. The van der Waals surface area contributed by atoms with Gasteiger partial charge in [-0.05, 0) is 30.0 Å². The van der Waals surface area contributed by atoms with Gasteiger partial charge in [-0.3, -0.25) is 0 Å². The van der Waals surface area contributed by atoms with Gasteiger partial charge in [0, 0.05) is 6.54 Å². The highest BCUT2D eigenvalue weighted by molar-refractivity contribution is 5.21. The van der Waals surface area contributed by atoms with Gasteiger partial charge in [-0.15, -0.1) is 0 Å². The Balaban J connectivity index is 2.26. The van der Waals surface area contributed by atoms with Gasteiger partial charge in [0.2, 0.25) is 0 Å². The number of hydrogen-bond acceptors (Lipinski definition) is 2. The van der Waals surface area contributed by atoms with Crippen molar-refractivity contribution in [1.82, 2.24) is 5.32 Å². The van der Waals surface area contributed by atoms with Gasteiger partial charge < -0.3 is 10.4 Å². The van der Waals surface area contributed by atoms with Gasteiger partial charge in [0.25, 0.3) is 0 Å². The van der Waals surface area contributed by atoms with Crippen molar-refractivity contribution in [2.75, 3.05) is 6.54 Å². The summed E-state index contributed by atoms with van der Waals surface area (Å²) in [6, 6.07) is 8.10. The third-order valence-electron chi connectivity index (χ3n) is 2.81. The summed E-state index contributed by atoms with van der Waals surface area (Å²) in [6.45, 7) is 6.63. The Morgan fingerprint density at radius 2 is 1.81 bits per heavy atom. The number of hydrogen-bond donors (Lipinski definition) is 2. The van der Waals surface area contributed by atoms with Gasteiger partial charge in [-0.1, -0.05) is 44.5 Å². The molecule has 0 saturated carbocycles. The summed E-state index contributed by atoms with van der Waals surface area (Å²) in [5.74, 6) is 0.752. The maximum atomic E-state index is 8.92. The second-order valence-electron chi connectivity index (χ2n) is 4.50. The van der Waals surface area contributed by atoms with Crippen molar-refractivity contribution in [3.8, 4) is 0 Å². The predicted molar refractivity (Wildman–Crippen MR) is 68.1 cm³/mol. The lowest BCUT2D eigenvalue weighted by molar-refractivity contribution is 0.282. The average Bonchev–Trinajstić information content (AvgIpc) is 2.30. The molecule has 2 nitrogen and oxygen atoms in total. The molecule has 0 bridgehead atoms. The third kappa shape index (κ3) is 4.77. The molecule has 0 aliphatic rings. The van der Waals surface area contributed by atoms with Crippen LogP contribution in [-0.2, 0) is 13.2 Å². The van der Waals surface area contributed by atoms with E-state index in [-0.39, 0.29) is 6.61 Å². The maximum absolute atomic E-state index is 8.92. The van der Waals surface area contributed by atoms with Crippen LogP contribution in [0.25, 0.3) is 0 Å². The molecule has 16 heavy (non-hydrogen) atoms. The van der Waals surface area contributed by atoms with Crippen LogP contribution < -0.4 is 5.32 Å². The van der Waals surface area contributed by atoms with Crippen LogP contribution in [0.4, 0.5) is 0 Å². The normalized spacial score (nSPS) is 12.7. The second-order valence-corrected chi connectivity index (χ2v) is 4.50. The van der Waals surface area contributed by atoms with Crippen LogP contribution in [0.2, 0.25) is 0 Å². The lowest BCUT2D eigenvalue weighted by Crippen LogP contribution is -2.20. The molecule has 0 radical (unpaired) electrons. The summed E-state index contributed by atoms with van der Waals surface area (Å²) in [4.78, 5) is 0. The molecule has 1 aromatic carbocycles. The zero-order chi connectivity index (χ0) is 11.8. The topological polar surface area (TPSA) is 32.3 Å². The smallest absolute Gasteiger partial charge is 0.0681 e. The van der Waals surface area contributed by atoms with Crippen LogP contribution >= 0.6 is 0 Å². The summed E-state index contributed by atoms with van der Waals surface area (Å²) in [5.41, 5.74) is 2.25. The first kappa shape index (κ1) is 13.2. The molecule has 1 atom stereocenters. The molecule has 1 aromatic rings. The van der Waals surface area contributed by atoms with Crippen molar-refractivity contribution in [2.24, 2.45) is 5.92 Å². The van der Waals surface area contributed by atoms with E-state index in [1.54, 1.807) is 0 Å². The Kier molecular flexibility index (Phi) is 6.12. The van der Waals surface area contributed by atoms with Gasteiger partial charge in [-0.2, -0.15) is 0 Å². The fourth-order valence-electron chi connectivity index (χ4n) is 1.82. The van der Waals surface area contributed by atoms with E-state index >= 15 is 0 Å². The van der Waals surface area contributed by atoms with Gasteiger partial charge in [0.1, 0.15) is 0 Å². The molecule has 90 valence electrons. The molecule has 0 amide bonds. The lowest BCUT2D eigenvalue weighted by atomic mass is 10.1. The Labute approximate surface area is 98.7 Å². The second kappa shape index (κ2) is 7.42. The maximum Gasteiger partial charge on any atom is 0.0681 e. The van der Waals surface area contributed by atoms with Crippen molar-refractivity contribution in [3.05, 3.63) is 35.4 Å². The molecule has 0 aromatic heterocycles. The van der Waals surface area contributed by atoms with Crippen LogP contribution in [0, 0.1) is 5.92 Å². The average molecular weight is 221 g/mol. The van der Waals surface area contributed by atoms with E-state index in [2.05, 4.69) is 31.3 Å². The number of nitrogens with one attached hydrogen (secondary N) is 1. The third-order valence-corrected chi connectivity index (χ3v) is 2.81. The molecule has 1 rings (SSSR count). The molecule has 0 saturated heterocycles. The summed E-state index contributed by atoms with van der Waals surface area (Å²) >= 11 is 0. The largest absolute Gasteiger partial charge is 0.392 e. The zero-order valence-electron chi connectivity index (χ0n) is 10.4. The minimum Gasteiger partial charge on any atom is -0.392 e. The van der Waals surface area contributed by atoms with Crippen LogP contribution in [-0.4, -0.2) is 11.7 Å². The molecule has 0 fully saturated rings. The molecule has 0 aliphatic carbocycles. The minimum atomic E-state index is 0.126. The van der Waals surface area contributed by atoms with Gasteiger partial charge >= 0.3 is 0 Å².